The summed E-state index contributed by atoms with van der Waals surface area (Å²) in [7, 11) is 0. The first-order valence-electron chi connectivity index (χ1n) is 7.74. The van der Waals surface area contributed by atoms with Crippen molar-refractivity contribution in [1.29, 1.82) is 0 Å². The highest BCUT2D eigenvalue weighted by molar-refractivity contribution is 5.94. The van der Waals surface area contributed by atoms with Gasteiger partial charge in [0.25, 0.3) is 11.5 Å². The Bertz CT molecular complexity index is 898. The van der Waals surface area contributed by atoms with E-state index in [-0.39, 0.29) is 0 Å². The molecular weight excluding hydrogens is 326 g/mol. The lowest BCUT2D eigenvalue weighted by Crippen LogP contribution is -2.32. The van der Waals surface area contributed by atoms with Crippen LogP contribution < -0.4 is 16.6 Å². The van der Waals surface area contributed by atoms with Crippen LogP contribution in [0.5, 0.6) is 0 Å². The smallest absolute Gasteiger partial charge is 0.328 e. The van der Waals surface area contributed by atoms with Gasteiger partial charge >= 0.3 is 11.7 Å². The number of aromatic amines is 1. The lowest BCUT2D eigenvalue weighted by molar-refractivity contribution is -0.148. The van der Waals surface area contributed by atoms with Crippen molar-refractivity contribution < 1.29 is 14.3 Å². The summed E-state index contributed by atoms with van der Waals surface area (Å²) in [6.45, 7) is 3.00. The number of nitrogens with one attached hydrogen (secondary N) is 2. The van der Waals surface area contributed by atoms with Gasteiger partial charge in [0.05, 0.1) is 0 Å². The number of nitrogens with zero attached hydrogens (tertiary/aromatic N) is 1. The van der Waals surface area contributed by atoms with Crippen molar-refractivity contribution in [2.24, 2.45) is 0 Å². The van der Waals surface area contributed by atoms with E-state index in [2.05, 4.69) is 5.32 Å². The zero-order valence-electron chi connectivity index (χ0n) is 14.0. The Morgan fingerprint density at radius 1 is 1.24 bits per heavy atom. The zero-order valence-corrected chi connectivity index (χ0v) is 14.0. The van der Waals surface area contributed by atoms with E-state index in [0.29, 0.717) is 5.69 Å². The average Bonchev–Trinajstić information content (AvgIpc) is 2.57. The third-order valence-corrected chi connectivity index (χ3v) is 3.56. The number of carbonyl (C=O) groups excluding carboxylic acids is 2. The maximum Gasteiger partial charge on any atom is 0.328 e. The van der Waals surface area contributed by atoms with Gasteiger partial charge in [-0.2, -0.15) is 0 Å². The van der Waals surface area contributed by atoms with Crippen LogP contribution in [0.2, 0.25) is 0 Å². The van der Waals surface area contributed by atoms with E-state index in [9.17, 15) is 19.2 Å². The number of amides is 1. The van der Waals surface area contributed by atoms with Crippen LogP contribution in [0.3, 0.4) is 0 Å². The number of rotatable bonds is 6. The van der Waals surface area contributed by atoms with Gasteiger partial charge in [-0.1, -0.05) is 25.1 Å². The van der Waals surface area contributed by atoms with Crippen molar-refractivity contribution in [2.75, 3.05) is 11.9 Å². The molecule has 1 heterocycles. The molecule has 0 saturated carbocycles. The molecular formula is C17H19N3O5. The second-order valence-corrected chi connectivity index (χ2v) is 5.41. The fourth-order valence-electron chi connectivity index (χ4n) is 2.28. The van der Waals surface area contributed by atoms with Crippen molar-refractivity contribution in [3.8, 4) is 0 Å². The fourth-order valence-corrected chi connectivity index (χ4v) is 2.28. The van der Waals surface area contributed by atoms with Crippen LogP contribution in [0.25, 0.3) is 0 Å². The second kappa shape index (κ2) is 8.09. The first-order valence-corrected chi connectivity index (χ1v) is 7.74. The molecule has 1 amide bonds. The molecule has 0 aliphatic carbocycles. The van der Waals surface area contributed by atoms with E-state index in [1.165, 1.54) is 6.20 Å². The summed E-state index contributed by atoms with van der Waals surface area (Å²) in [5.41, 5.74) is 1.33. The molecule has 8 nitrogen and oxygen atoms in total. The van der Waals surface area contributed by atoms with Crippen molar-refractivity contribution in [3.63, 3.8) is 0 Å². The molecule has 0 aliphatic rings. The minimum absolute atomic E-state index is 0.395. The van der Waals surface area contributed by atoms with Gasteiger partial charge in [-0.3, -0.25) is 23.9 Å². The maximum absolute atomic E-state index is 12.0. The SMILES string of the molecule is CCc1cccc(C)c1NC(=O)COC(=O)Cn1ccc(=O)[nH]c1=O. The van der Waals surface area contributed by atoms with E-state index in [0.717, 1.165) is 28.2 Å². The number of aryl methyl sites for hydroxylation is 2. The summed E-state index contributed by atoms with van der Waals surface area (Å²) in [5.74, 6) is -1.23. The molecule has 1 aromatic heterocycles. The maximum atomic E-state index is 12.0. The second-order valence-electron chi connectivity index (χ2n) is 5.41. The number of anilines is 1. The summed E-state index contributed by atoms with van der Waals surface area (Å²) in [6, 6.07) is 6.82. The number of H-pyrrole nitrogens is 1. The van der Waals surface area contributed by atoms with Crippen molar-refractivity contribution >= 4 is 17.6 Å². The number of ether oxygens (including phenoxy) is 1. The van der Waals surface area contributed by atoms with E-state index < -0.39 is 36.3 Å². The molecule has 0 atom stereocenters. The standard InChI is InChI=1S/C17H19N3O5/c1-3-12-6-4-5-11(2)16(12)18-14(22)10-25-15(23)9-20-8-7-13(21)19-17(20)24/h4-8H,3,9-10H2,1-2H3,(H,18,22)(H,19,21,24). The molecule has 0 unspecified atom stereocenters. The number of hydrogen-bond donors (Lipinski definition) is 2. The molecule has 8 heteroatoms. The Morgan fingerprint density at radius 3 is 2.68 bits per heavy atom. The van der Waals surface area contributed by atoms with E-state index in [1.807, 2.05) is 37.0 Å². The molecule has 2 aromatic rings. The molecule has 1 aromatic carbocycles. The van der Waals surface area contributed by atoms with Gasteiger partial charge in [0.15, 0.2) is 6.61 Å². The molecule has 25 heavy (non-hydrogen) atoms. The number of carbonyl (C=O) groups is 2. The minimum Gasteiger partial charge on any atom is -0.454 e. The van der Waals surface area contributed by atoms with E-state index in [1.54, 1.807) is 0 Å². The van der Waals surface area contributed by atoms with Crippen LogP contribution in [0.15, 0.2) is 40.1 Å². The quantitative estimate of drug-likeness (QED) is 0.745. The number of para-hydroxylation sites is 1. The molecule has 0 radical (unpaired) electrons. The molecule has 0 fully saturated rings. The van der Waals surface area contributed by atoms with E-state index >= 15 is 0 Å². The Morgan fingerprint density at radius 2 is 2.00 bits per heavy atom. The normalized spacial score (nSPS) is 10.3. The largest absolute Gasteiger partial charge is 0.454 e. The van der Waals surface area contributed by atoms with Crippen molar-refractivity contribution in [3.05, 3.63) is 62.4 Å². The Kier molecular flexibility index (Phi) is 5.89. The Balaban J connectivity index is 1.93. The van der Waals surface area contributed by atoms with Crippen LogP contribution in [0.4, 0.5) is 5.69 Å². The zero-order chi connectivity index (χ0) is 18.4. The molecule has 0 saturated heterocycles. The molecule has 2 N–H and O–H groups in total. The molecule has 0 aliphatic heterocycles. The summed E-state index contributed by atoms with van der Waals surface area (Å²) < 4.78 is 5.86. The number of aromatic nitrogens is 2. The summed E-state index contributed by atoms with van der Waals surface area (Å²) >= 11 is 0. The number of hydrogen-bond acceptors (Lipinski definition) is 5. The first kappa shape index (κ1) is 18.2. The van der Waals surface area contributed by atoms with Gasteiger partial charge in [0, 0.05) is 18.0 Å². The van der Waals surface area contributed by atoms with E-state index in [4.69, 9.17) is 4.74 Å². The molecule has 132 valence electrons. The molecule has 0 spiro atoms. The van der Waals surface area contributed by atoms with Crippen molar-refractivity contribution in [1.82, 2.24) is 9.55 Å². The highest BCUT2D eigenvalue weighted by Gasteiger charge is 2.12. The Hall–Kier alpha value is -3.16. The predicted molar refractivity (Wildman–Crippen MR) is 91.5 cm³/mol. The fraction of sp³-hybridized carbons (Fsp3) is 0.294. The van der Waals surface area contributed by atoms with Gasteiger partial charge < -0.3 is 10.1 Å². The summed E-state index contributed by atoms with van der Waals surface area (Å²) in [6.07, 6.45) is 1.94. The van der Waals surface area contributed by atoms with Gasteiger partial charge in [-0.05, 0) is 24.5 Å². The number of benzene rings is 1. The van der Waals surface area contributed by atoms with Crippen LogP contribution in [-0.4, -0.2) is 28.0 Å². The Labute approximate surface area is 143 Å². The van der Waals surface area contributed by atoms with Crippen LogP contribution in [-0.2, 0) is 27.3 Å². The summed E-state index contributed by atoms with van der Waals surface area (Å²) in [4.78, 5) is 48.2. The van der Waals surface area contributed by atoms with Crippen LogP contribution >= 0.6 is 0 Å². The minimum atomic E-state index is -0.759. The third-order valence-electron chi connectivity index (χ3n) is 3.56. The van der Waals surface area contributed by atoms with Gasteiger partial charge in [-0.15, -0.1) is 0 Å². The molecule has 2 rings (SSSR count). The number of esters is 1. The van der Waals surface area contributed by atoms with Gasteiger partial charge in [-0.25, -0.2) is 4.79 Å². The van der Waals surface area contributed by atoms with Crippen LogP contribution in [0.1, 0.15) is 18.1 Å². The third kappa shape index (κ3) is 4.90. The molecule has 0 bridgehead atoms. The monoisotopic (exact) mass is 345 g/mol. The predicted octanol–water partition coefficient (Wildman–Crippen LogP) is 0.589. The average molecular weight is 345 g/mol. The lowest BCUT2D eigenvalue weighted by Gasteiger charge is -2.13. The topological polar surface area (TPSA) is 110 Å². The lowest BCUT2D eigenvalue weighted by atomic mass is 10.1. The van der Waals surface area contributed by atoms with Gasteiger partial charge in [0.1, 0.15) is 6.54 Å². The summed E-state index contributed by atoms with van der Waals surface area (Å²) in [5, 5.41) is 2.74. The first-order chi connectivity index (χ1) is 11.9. The highest BCUT2D eigenvalue weighted by atomic mass is 16.5. The van der Waals surface area contributed by atoms with Crippen LogP contribution in [0, 0.1) is 6.92 Å². The van der Waals surface area contributed by atoms with Gasteiger partial charge in [0.2, 0.25) is 0 Å². The van der Waals surface area contributed by atoms with Crippen molar-refractivity contribution in [2.45, 2.75) is 26.8 Å². The highest BCUT2D eigenvalue weighted by Crippen LogP contribution is 2.20.